The molecule has 0 bridgehead atoms. The van der Waals surface area contributed by atoms with Crippen molar-refractivity contribution in [2.45, 2.75) is 44.5 Å². The van der Waals surface area contributed by atoms with E-state index >= 15 is 0 Å². The first kappa shape index (κ1) is 32.1. The second-order valence-electron chi connectivity index (χ2n) is 10.4. The second-order valence-corrected chi connectivity index (χ2v) is 10.4. The van der Waals surface area contributed by atoms with Crippen LogP contribution in [0.3, 0.4) is 0 Å². The highest BCUT2D eigenvalue weighted by Gasteiger charge is 2.30. The molecule has 1 amide bonds. The van der Waals surface area contributed by atoms with Gasteiger partial charge in [-0.05, 0) is 72.3 Å². The summed E-state index contributed by atoms with van der Waals surface area (Å²) < 4.78 is 16.2. The molecule has 0 aliphatic rings. The molecule has 4 aromatic carbocycles. The van der Waals surface area contributed by atoms with Gasteiger partial charge in [-0.15, -0.1) is 0 Å². The van der Waals surface area contributed by atoms with E-state index in [0.29, 0.717) is 25.8 Å². The van der Waals surface area contributed by atoms with Crippen molar-refractivity contribution in [1.82, 2.24) is 10.2 Å². The number of methoxy groups -OCH3 is 2. The molecular weight excluding hydrogens is 556 g/mol. The third kappa shape index (κ3) is 9.34. The third-order valence-electron chi connectivity index (χ3n) is 7.45. The molecule has 8 heteroatoms. The second kappa shape index (κ2) is 16.7. The number of aliphatic carboxylic acids is 1. The van der Waals surface area contributed by atoms with E-state index in [0.717, 1.165) is 33.8 Å². The van der Waals surface area contributed by atoms with Crippen molar-refractivity contribution in [3.63, 3.8) is 0 Å². The van der Waals surface area contributed by atoms with Crippen LogP contribution in [-0.4, -0.2) is 48.9 Å². The Hall–Kier alpha value is -4.82. The van der Waals surface area contributed by atoms with E-state index in [1.54, 1.807) is 14.2 Å². The lowest BCUT2D eigenvalue weighted by atomic mass is 9.98. The molecule has 0 spiro atoms. The van der Waals surface area contributed by atoms with Gasteiger partial charge in [-0.25, -0.2) is 9.59 Å². The summed E-state index contributed by atoms with van der Waals surface area (Å²) in [5.74, 6) is 0.508. The van der Waals surface area contributed by atoms with Crippen LogP contribution in [0.15, 0.2) is 109 Å². The van der Waals surface area contributed by atoms with Crippen LogP contribution >= 0.6 is 0 Å². The van der Waals surface area contributed by atoms with Crippen molar-refractivity contribution in [2.24, 2.45) is 0 Å². The van der Waals surface area contributed by atoms with Crippen LogP contribution < -0.4 is 14.8 Å². The van der Waals surface area contributed by atoms with Gasteiger partial charge in [0.25, 0.3) is 0 Å². The van der Waals surface area contributed by atoms with Gasteiger partial charge in [0.15, 0.2) is 0 Å². The number of benzene rings is 4. The molecule has 0 heterocycles. The van der Waals surface area contributed by atoms with Gasteiger partial charge in [0.1, 0.15) is 24.1 Å². The Bertz CT molecular complexity index is 1380. The summed E-state index contributed by atoms with van der Waals surface area (Å²) in [5, 5.41) is 13.8. The maximum absolute atomic E-state index is 13.3. The monoisotopic (exact) mass is 596 g/mol. The third-order valence-corrected chi connectivity index (χ3v) is 7.45. The minimum Gasteiger partial charge on any atom is -0.497 e. The zero-order chi connectivity index (χ0) is 31.1. The molecule has 4 rings (SSSR count). The van der Waals surface area contributed by atoms with E-state index in [1.807, 2.05) is 109 Å². The van der Waals surface area contributed by atoms with Gasteiger partial charge >= 0.3 is 12.1 Å². The number of carbonyl (C=O) groups is 2. The normalized spacial score (nSPS) is 11.5. The first-order chi connectivity index (χ1) is 21.5. The van der Waals surface area contributed by atoms with Crippen LogP contribution in [0.25, 0.3) is 0 Å². The molecule has 0 radical (unpaired) electrons. The van der Waals surface area contributed by atoms with E-state index in [2.05, 4.69) is 5.32 Å². The van der Waals surface area contributed by atoms with Gasteiger partial charge in [0.05, 0.1) is 20.3 Å². The standard InChI is InChI=1S/C36H40N2O6/c1-42-31-20-16-29(17-21-31)34(30-18-22-32(43-2)23-19-30)37-24-10-9-15-33(35(39)40)38(25-27-11-5-3-6-12-27)36(41)44-26-28-13-7-4-8-14-28/h3-8,11-14,16-23,33-34,37H,9-10,15,24-26H2,1-2H3,(H,39,40)/t33-/m0/s1. The Kier molecular flexibility index (Phi) is 12.2. The molecule has 44 heavy (non-hydrogen) atoms. The SMILES string of the molecule is COc1ccc(C(NCCCC[C@@H](C(=O)O)N(Cc2ccccc2)C(=O)OCc2ccccc2)c2ccc(OC)cc2)cc1. The molecule has 0 aromatic heterocycles. The van der Waals surface area contributed by atoms with Crippen LogP contribution in [0, 0.1) is 0 Å². The number of ether oxygens (including phenoxy) is 3. The van der Waals surface area contributed by atoms with Crippen LogP contribution in [0.4, 0.5) is 4.79 Å². The van der Waals surface area contributed by atoms with Crippen LogP contribution in [0.1, 0.15) is 47.6 Å². The van der Waals surface area contributed by atoms with E-state index in [9.17, 15) is 14.7 Å². The molecule has 1 atom stereocenters. The van der Waals surface area contributed by atoms with E-state index in [-0.39, 0.29) is 19.2 Å². The van der Waals surface area contributed by atoms with Crippen molar-refractivity contribution in [3.8, 4) is 11.5 Å². The fourth-order valence-electron chi connectivity index (χ4n) is 5.03. The highest BCUT2D eigenvalue weighted by Crippen LogP contribution is 2.26. The van der Waals surface area contributed by atoms with E-state index < -0.39 is 18.1 Å². The number of carboxylic acid groups (broad SMARTS) is 1. The molecule has 0 unspecified atom stereocenters. The van der Waals surface area contributed by atoms with Crippen molar-refractivity contribution in [2.75, 3.05) is 20.8 Å². The number of rotatable bonds is 16. The highest BCUT2D eigenvalue weighted by molar-refractivity contribution is 5.80. The van der Waals surface area contributed by atoms with Crippen LogP contribution in [-0.2, 0) is 22.7 Å². The molecule has 2 N–H and O–H groups in total. The highest BCUT2D eigenvalue weighted by atomic mass is 16.6. The van der Waals surface area contributed by atoms with Crippen molar-refractivity contribution < 1.29 is 28.9 Å². The number of nitrogens with one attached hydrogen (secondary N) is 1. The van der Waals surface area contributed by atoms with Crippen molar-refractivity contribution >= 4 is 12.1 Å². The Balaban J connectivity index is 1.41. The van der Waals surface area contributed by atoms with Gasteiger partial charge in [0.2, 0.25) is 0 Å². The molecular formula is C36H40N2O6. The zero-order valence-corrected chi connectivity index (χ0v) is 25.2. The number of nitrogens with zero attached hydrogens (tertiary/aromatic N) is 1. The Labute approximate surface area is 259 Å². The molecule has 0 saturated heterocycles. The average Bonchev–Trinajstić information content (AvgIpc) is 3.07. The van der Waals surface area contributed by atoms with Gasteiger partial charge in [0, 0.05) is 6.54 Å². The number of hydrogen-bond donors (Lipinski definition) is 2. The van der Waals surface area contributed by atoms with E-state index in [4.69, 9.17) is 14.2 Å². The number of amides is 1. The Morgan fingerprint density at radius 1 is 0.727 bits per heavy atom. The molecule has 0 aliphatic carbocycles. The van der Waals surface area contributed by atoms with Gasteiger partial charge < -0.3 is 24.6 Å². The minimum absolute atomic E-state index is 0.0688. The molecule has 8 nitrogen and oxygen atoms in total. The van der Waals surface area contributed by atoms with Gasteiger partial charge in [-0.3, -0.25) is 4.90 Å². The summed E-state index contributed by atoms with van der Waals surface area (Å²) in [7, 11) is 3.28. The number of unbranched alkanes of at least 4 members (excludes halogenated alkanes) is 1. The lowest BCUT2D eigenvalue weighted by molar-refractivity contribution is -0.143. The number of hydrogen-bond acceptors (Lipinski definition) is 6. The summed E-state index contributed by atoms with van der Waals surface area (Å²) in [6.45, 7) is 0.853. The molecule has 0 fully saturated rings. The van der Waals surface area contributed by atoms with Gasteiger partial charge in [-0.2, -0.15) is 0 Å². The largest absolute Gasteiger partial charge is 0.497 e. The fraction of sp³-hybridized carbons (Fsp3) is 0.278. The first-order valence-electron chi connectivity index (χ1n) is 14.7. The number of carbonyl (C=O) groups excluding carboxylic acids is 1. The zero-order valence-electron chi connectivity index (χ0n) is 25.2. The van der Waals surface area contributed by atoms with Crippen molar-refractivity contribution in [3.05, 3.63) is 131 Å². The lowest BCUT2D eigenvalue weighted by Gasteiger charge is -2.28. The summed E-state index contributed by atoms with van der Waals surface area (Å²) in [6.07, 6.45) is 0.951. The smallest absolute Gasteiger partial charge is 0.411 e. The molecule has 4 aromatic rings. The Morgan fingerprint density at radius 2 is 1.25 bits per heavy atom. The molecule has 0 aliphatic heterocycles. The molecule has 0 saturated carbocycles. The number of carboxylic acids is 1. The predicted octanol–water partition coefficient (Wildman–Crippen LogP) is 6.85. The van der Waals surface area contributed by atoms with Gasteiger partial charge in [-0.1, -0.05) is 84.9 Å². The average molecular weight is 597 g/mol. The summed E-state index contributed by atoms with van der Waals surface area (Å²) >= 11 is 0. The quantitative estimate of drug-likeness (QED) is 0.137. The minimum atomic E-state index is -1.06. The summed E-state index contributed by atoms with van der Waals surface area (Å²) in [6, 6.07) is 33.5. The van der Waals surface area contributed by atoms with Crippen molar-refractivity contribution in [1.29, 1.82) is 0 Å². The summed E-state index contributed by atoms with van der Waals surface area (Å²) in [5.41, 5.74) is 3.82. The fourth-order valence-corrected chi connectivity index (χ4v) is 5.03. The Morgan fingerprint density at radius 3 is 1.75 bits per heavy atom. The van der Waals surface area contributed by atoms with E-state index in [1.165, 1.54) is 4.90 Å². The topological polar surface area (TPSA) is 97.3 Å². The van der Waals surface area contributed by atoms with Crippen LogP contribution in [0.5, 0.6) is 11.5 Å². The molecule has 230 valence electrons. The lowest BCUT2D eigenvalue weighted by Crippen LogP contribution is -2.45. The van der Waals surface area contributed by atoms with Crippen LogP contribution in [0.2, 0.25) is 0 Å². The summed E-state index contributed by atoms with van der Waals surface area (Å²) in [4.78, 5) is 27.1. The maximum atomic E-state index is 13.3. The maximum Gasteiger partial charge on any atom is 0.411 e. The first-order valence-corrected chi connectivity index (χ1v) is 14.7. The predicted molar refractivity (Wildman–Crippen MR) is 170 cm³/mol.